The second-order valence-corrected chi connectivity index (χ2v) is 7.99. The van der Waals surface area contributed by atoms with Gasteiger partial charge < -0.3 is 10.1 Å². The Kier molecular flexibility index (Phi) is 5.19. The average Bonchev–Trinajstić information content (AvgIpc) is 3.29. The van der Waals surface area contributed by atoms with Crippen LogP contribution in [0.5, 0.6) is 5.75 Å². The van der Waals surface area contributed by atoms with Crippen molar-refractivity contribution in [3.05, 3.63) is 93.9 Å². The topological polar surface area (TPSA) is 73.2 Å². The molecule has 4 aromatic rings. The van der Waals surface area contributed by atoms with E-state index >= 15 is 0 Å². The summed E-state index contributed by atoms with van der Waals surface area (Å²) in [5.41, 5.74) is 4.97. The first-order valence-corrected chi connectivity index (χ1v) is 10.7. The minimum atomic E-state index is -0.259. The molecule has 0 aliphatic carbocycles. The summed E-state index contributed by atoms with van der Waals surface area (Å²) < 4.78 is 6.80. The number of aryl methyl sites for hydroxylation is 1. The van der Waals surface area contributed by atoms with E-state index in [2.05, 4.69) is 34.7 Å². The quantitative estimate of drug-likeness (QED) is 0.530. The van der Waals surface area contributed by atoms with Gasteiger partial charge in [0, 0.05) is 18.4 Å². The summed E-state index contributed by atoms with van der Waals surface area (Å²) >= 11 is 0. The summed E-state index contributed by atoms with van der Waals surface area (Å²) in [5, 5.41) is 8.56. The van der Waals surface area contributed by atoms with Crippen molar-refractivity contribution in [2.45, 2.75) is 26.4 Å². The number of carbonyl (C=O) groups is 1. The predicted octanol–water partition coefficient (Wildman–Crippen LogP) is 3.62. The van der Waals surface area contributed by atoms with Crippen LogP contribution in [-0.2, 0) is 24.3 Å². The van der Waals surface area contributed by atoms with Gasteiger partial charge in [-0.05, 0) is 47.4 Å². The average molecular weight is 425 g/mol. The molecule has 32 heavy (non-hydrogen) atoms. The Balaban J connectivity index is 1.24. The molecule has 0 saturated carbocycles. The second-order valence-electron chi connectivity index (χ2n) is 7.99. The van der Waals surface area contributed by atoms with Gasteiger partial charge in [-0.1, -0.05) is 48.5 Å². The summed E-state index contributed by atoms with van der Waals surface area (Å²) in [7, 11) is 0. The van der Waals surface area contributed by atoms with Crippen LogP contribution in [0.25, 0.3) is 21.9 Å². The summed E-state index contributed by atoms with van der Waals surface area (Å²) in [5.74, 6) is 0.722. The van der Waals surface area contributed by atoms with E-state index in [0.717, 1.165) is 46.5 Å². The number of ether oxygens (including phenoxy) is 1. The lowest BCUT2D eigenvalue weighted by atomic mass is 10.0. The number of fused-ring (bicyclic) bond motifs is 2. The SMILES string of the molecule is Cc1nn(CC(=O)NCc2ccc(-c3ccc4c(c3)CCO4)cc2)c(=O)c2ccccc12. The monoisotopic (exact) mass is 425 g/mol. The lowest BCUT2D eigenvalue weighted by molar-refractivity contribution is -0.122. The van der Waals surface area contributed by atoms with Crippen LogP contribution >= 0.6 is 0 Å². The minimum absolute atomic E-state index is 0.111. The molecule has 0 fully saturated rings. The standard InChI is InChI=1S/C26H23N3O3/c1-17-22-4-2-3-5-23(22)26(31)29(28-17)16-25(30)27-15-18-6-8-19(9-7-18)20-10-11-24-21(14-20)12-13-32-24/h2-11,14H,12-13,15-16H2,1H3,(H,27,30). The number of hydrogen-bond donors (Lipinski definition) is 1. The van der Waals surface area contributed by atoms with Crippen molar-refractivity contribution in [3.8, 4) is 16.9 Å². The van der Waals surface area contributed by atoms with E-state index in [1.807, 2.05) is 43.3 Å². The van der Waals surface area contributed by atoms with Crippen LogP contribution in [0.4, 0.5) is 0 Å². The van der Waals surface area contributed by atoms with E-state index in [1.165, 1.54) is 10.2 Å². The van der Waals surface area contributed by atoms with Gasteiger partial charge in [0.1, 0.15) is 12.3 Å². The highest BCUT2D eigenvalue weighted by atomic mass is 16.5. The van der Waals surface area contributed by atoms with Gasteiger partial charge >= 0.3 is 0 Å². The first-order chi connectivity index (χ1) is 15.6. The van der Waals surface area contributed by atoms with Gasteiger partial charge in [0.15, 0.2) is 0 Å². The van der Waals surface area contributed by atoms with Gasteiger partial charge in [-0.25, -0.2) is 4.68 Å². The zero-order valence-electron chi connectivity index (χ0n) is 17.8. The number of amides is 1. The zero-order valence-corrected chi connectivity index (χ0v) is 17.8. The number of benzene rings is 3. The molecule has 3 aromatic carbocycles. The Morgan fingerprint density at radius 2 is 1.78 bits per heavy atom. The molecule has 0 saturated heterocycles. The van der Waals surface area contributed by atoms with E-state index in [-0.39, 0.29) is 18.0 Å². The fraction of sp³-hybridized carbons (Fsp3) is 0.192. The first-order valence-electron chi connectivity index (χ1n) is 10.7. The molecule has 0 bridgehead atoms. The van der Waals surface area contributed by atoms with Crippen molar-refractivity contribution in [2.75, 3.05) is 6.61 Å². The fourth-order valence-corrected chi connectivity index (χ4v) is 4.09. The van der Waals surface area contributed by atoms with Crippen molar-refractivity contribution < 1.29 is 9.53 Å². The molecule has 1 N–H and O–H groups in total. The molecule has 1 amide bonds. The third-order valence-corrected chi connectivity index (χ3v) is 5.81. The molecule has 0 unspecified atom stereocenters. The lowest BCUT2D eigenvalue weighted by Crippen LogP contribution is -2.33. The summed E-state index contributed by atoms with van der Waals surface area (Å²) in [6.07, 6.45) is 0.946. The second kappa shape index (κ2) is 8.30. The normalized spacial score (nSPS) is 12.4. The zero-order chi connectivity index (χ0) is 22.1. The highest BCUT2D eigenvalue weighted by molar-refractivity contribution is 5.83. The van der Waals surface area contributed by atoms with Crippen LogP contribution in [0.1, 0.15) is 16.8 Å². The smallest absolute Gasteiger partial charge is 0.275 e. The molecular weight excluding hydrogens is 402 g/mol. The lowest BCUT2D eigenvalue weighted by Gasteiger charge is -2.10. The van der Waals surface area contributed by atoms with E-state index in [9.17, 15) is 9.59 Å². The van der Waals surface area contributed by atoms with E-state index in [1.54, 1.807) is 6.07 Å². The van der Waals surface area contributed by atoms with E-state index in [0.29, 0.717) is 11.9 Å². The van der Waals surface area contributed by atoms with Crippen molar-refractivity contribution >= 4 is 16.7 Å². The highest BCUT2D eigenvalue weighted by Crippen LogP contribution is 2.30. The fourth-order valence-electron chi connectivity index (χ4n) is 4.09. The Labute approximate surface area is 185 Å². The molecular formula is C26H23N3O3. The maximum atomic E-state index is 12.6. The van der Waals surface area contributed by atoms with Crippen molar-refractivity contribution in [1.82, 2.24) is 15.1 Å². The minimum Gasteiger partial charge on any atom is -0.493 e. The van der Waals surface area contributed by atoms with Crippen molar-refractivity contribution in [1.29, 1.82) is 0 Å². The molecule has 0 atom stereocenters. The van der Waals surface area contributed by atoms with Crippen molar-refractivity contribution in [3.63, 3.8) is 0 Å². The number of hydrogen-bond acceptors (Lipinski definition) is 4. The molecule has 5 rings (SSSR count). The van der Waals surface area contributed by atoms with E-state index in [4.69, 9.17) is 4.74 Å². The number of nitrogens with zero attached hydrogens (tertiary/aromatic N) is 2. The third-order valence-electron chi connectivity index (χ3n) is 5.81. The van der Waals surface area contributed by atoms with Gasteiger partial charge in [-0.3, -0.25) is 9.59 Å². The molecule has 1 aliphatic heterocycles. The van der Waals surface area contributed by atoms with Gasteiger partial charge in [0.2, 0.25) is 5.91 Å². The van der Waals surface area contributed by atoms with Crippen LogP contribution in [0.15, 0.2) is 71.5 Å². The first kappa shape index (κ1) is 20.0. The third kappa shape index (κ3) is 3.87. The number of carbonyl (C=O) groups excluding carboxylic acids is 1. The summed E-state index contributed by atoms with van der Waals surface area (Å²) in [4.78, 5) is 25.1. The Morgan fingerprint density at radius 1 is 1.03 bits per heavy atom. The van der Waals surface area contributed by atoms with Crippen LogP contribution in [0, 0.1) is 6.92 Å². The molecule has 6 nitrogen and oxygen atoms in total. The molecule has 160 valence electrons. The van der Waals surface area contributed by atoms with Gasteiger partial charge in [0.25, 0.3) is 5.56 Å². The molecule has 0 spiro atoms. The molecule has 6 heteroatoms. The van der Waals surface area contributed by atoms with E-state index < -0.39 is 0 Å². The predicted molar refractivity (Wildman–Crippen MR) is 124 cm³/mol. The molecule has 0 radical (unpaired) electrons. The Bertz CT molecular complexity index is 1370. The van der Waals surface area contributed by atoms with Crippen LogP contribution in [-0.4, -0.2) is 22.3 Å². The number of rotatable bonds is 5. The largest absolute Gasteiger partial charge is 0.493 e. The van der Waals surface area contributed by atoms with Gasteiger partial charge in [-0.15, -0.1) is 0 Å². The Hall–Kier alpha value is -3.93. The van der Waals surface area contributed by atoms with Crippen LogP contribution < -0.4 is 15.6 Å². The number of nitrogens with one attached hydrogen (secondary N) is 1. The maximum absolute atomic E-state index is 12.6. The molecule has 1 aliphatic rings. The Morgan fingerprint density at radius 3 is 2.59 bits per heavy atom. The number of aromatic nitrogens is 2. The van der Waals surface area contributed by atoms with Crippen LogP contribution in [0.2, 0.25) is 0 Å². The summed E-state index contributed by atoms with van der Waals surface area (Å²) in [6.45, 7) is 2.86. The molecule has 2 heterocycles. The van der Waals surface area contributed by atoms with Crippen LogP contribution in [0.3, 0.4) is 0 Å². The highest BCUT2D eigenvalue weighted by Gasteiger charge is 2.13. The van der Waals surface area contributed by atoms with Crippen molar-refractivity contribution in [2.24, 2.45) is 0 Å². The van der Waals surface area contributed by atoms with Gasteiger partial charge in [0.05, 0.1) is 17.7 Å². The summed E-state index contributed by atoms with van der Waals surface area (Å²) in [6, 6.07) is 21.7. The molecule has 1 aromatic heterocycles. The van der Waals surface area contributed by atoms with Gasteiger partial charge in [-0.2, -0.15) is 5.10 Å². The maximum Gasteiger partial charge on any atom is 0.275 e.